The van der Waals surface area contributed by atoms with E-state index in [1.54, 1.807) is 20.8 Å². The van der Waals surface area contributed by atoms with Crippen LogP contribution in [0, 0.1) is 10.1 Å². The fourth-order valence-electron chi connectivity index (χ4n) is 3.65. The number of hydrogen-bond donors (Lipinski definition) is 0. The summed E-state index contributed by atoms with van der Waals surface area (Å²) in [4.78, 5) is 41.7. The zero-order chi connectivity index (χ0) is 20.5. The summed E-state index contributed by atoms with van der Waals surface area (Å²) in [6.45, 7) is 4.94. The van der Waals surface area contributed by atoms with E-state index < -0.39 is 34.3 Å². The molecule has 1 aliphatic heterocycles. The highest BCUT2D eigenvalue weighted by Gasteiger charge is 2.49. The monoisotopic (exact) mass is 391 g/mol. The van der Waals surface area contributed by atoms with Crippen LogP contribution >= 0.6 is 0 Å². The standard InChI is InChI=1S/C19H25N3O6/c1-4-13(17(23)27-12-8-6-5-7-9-12)21-16-14(28-19(2,3)18(21)24)10-11-15(20-16)22(25)26/h10-13H,4-9H2,1-3H3. The average Bonchev–Trinajstić information content (AvgIpc) is 2.65. The molecule has 0 bridgehead atoms. The normalized spacial score (nSPS) is 20.1. The Hall–Kier alpha value is -2.71. The lowest BCUT2D eigenvalue weighted by molar-refractivity contribution is -0.389. The number of ether oxygens (including phenoxy) is 2. The number of carbonyl (C=O) groups excluding carboxylic acids is 2. The van der Waals surface area contributed by atoms with Gasteiger partial charge < -0.3 is 19.6 Å². The van der Waals surface area contributed by atoms with Gasteiger partial charge in [0.05, 0.1) is 0 Å². The van der Waals surface area contributed by atoms with Gasteiger partial charge >= 0.3 is 11.8 Å². The van der Waals surface area contributed by atoms with Gasteiger partial charge in [-0.2, -0.15) is 0 Å². The van der Waals surface area contributed by atoms with Gasteiger partial charge in [0.15, 0.2) is 11.4 Å². The van der Waals surface area contributed by atoms with Gasteiger partial charge in [-0.1, -0.05) is 13.3 Å². The van der Waals surface area contributed by atoms with E-state index >= 15 is 0 Å². The molecule has 1 aromatic rings. The third kappa shape index (κ3) is 3.79. The molecule has 9 nitrogen and oxygen atoms in total. The fraction of sp³-hybridized carbons (Fsp3) is 0.632. The summed E-state index contributed by atoms with van der Waals surface area (Å²) in [6.07, 6.45) is 4.90. The highest BCUT2D eigenvalue weighted by Crippen LogP contribution is 2.39. The largest absolute Gasteiger partial charge is 0.472 e. The molecule has 1 aliphatic carbocycles. The Balaban J connectivity index is 1.96. The molecule has 0 N–H and O–H groups in total. The Morgan fingerprint density at radius 2 is 2.07 bits per heavy atom. The van der Waals surface area contributed by atoms with Crippen molar-refractivity contribution in [3.8, 4) is 5.75 Å². The predicted octanol–water partition coefficient (Wildman–Crippen LogP) is 3.15. The zero-order valence-corrected chi connectivity index (χ0v) is 16.3. The second kappa shape index (κ2) is 7.73. The van der Waals surface area contributed by atoms with Crippen molar-refractivity contribution in [1.29, 1.82) is 0 Å². The van der Waals surface area contributed by atoms with Crippen LogP contribution in [-0.2, 0) is 14.3 Å². The van der Waals surface area contributed by atoms with Crippen LogP contribution in [-0.4, -0.2) is 39.5 Å². The lowest BCUT2D eigenvalue weighted by atomic mass is 9.97. The number of pyridine rings is 1. The molecular formula is C19H25N3O6. The number of rotatable bonds is 5. The third-order valence-electron chi connectivity index (χ3n) is 5.14. The second-order valence-electron chi connectivity index (χ2n) is 7.66. The number of esters is 1. The first-order valence-electron chi connectivity index (χ1n) is 9.63. The molecule has 1 atom stereocenters. The maximum atomic E-state index is 13.1. The summed E-state index contributed by atoms with van der Waals surface area (Å²) in [5, 5.41) is 11.1. The number of aromatic nitrogens is 1. The number of fused-ring (bicyclic) bond motifs is 1. The minimum Gasteiger partial charge on any atom is -0.472 e. The Labute approximate surface area is 163 Å². The molecule has 28 heavy (non-hydrogen) atoms. The first kappa shape index (κ1) is 20.0. The van der Waals surface area contributed by atoms with Gasteiger partial charge in [0.25, 0.3) is 11.7 Å². The van der Waals surface area contributed by atoms with Crippen LogP contribution in [0.4, 0.5) is 11.6 Å². The first-order valence-corrected chi connectivity index (χ1v) is 9.63. The van der Waals surface area contributed by atoms with Crippen molar-refractivity contribution in [1.82, 2.24) is 4.98 Å². The number of nitrogens with zero attached hydrogens (tertiary/aromatic N) is 3. The van der Waals surface area contributed by atoms with E-state index in [0.717, 1.165) is 32.1 Å². The van der Waals surface area contributed by atoms with E-state index in [1.807, 2.05) is 0 Å². The van der Waals surface area contributed by atoms with Crippen LogP contribution in [0.1, 0.15) is 59.3 Å². The molecule has 1 aromatic heterocycles. The molecule has 3 rings (SSSR count). The number of nitro groups is 1. The molecule has 152 valence electrons. The van der Waals surface area contributed by atoms with Gasteiger partial charge in [-0.15, -0.1) is 0 Å². The number of anilines is 1. The van der Waals surface area contributed by atoms with Crippen molar-refractivity contribution >= 4 is 23.5 Å². The number of carbonyl (C=O) groups is 2. The van der Waals surface area contributed by atoms with Crippen LogP contribution in [0.25, 0.3) is 0 Å². The maximum absolute atomic E-state index is 13.1. The topological polar surface area (TPSA) is 112 Å². The van der Waals surface area contributed by atoms with Crippen LogP contribution in [0.5, 0.6) is 5.75 Å². The van der Waals surface area contributed by atoms with Crippen molar-refractivity contribution in [3.05, 3.63) is 22.2 Å². The highest BCUT2D eigenvalue weighted by molar-refractivity contribution is 6.05. The van der Waals surface area contributed by atoms with Crippen molar-refractivity contribution in [2.24, 2.45) is 0 Å². The Morgan fingerprint density at radius 1 is 1.39 bits per heavy atom. The summed E-state index contributed by atoms with van der Waals surface area (Å²) in [5.41, 5.74) is -1.23. The first-order chi connectivity index (χ1) is 13.2. The molecule has 1 amide bonds. The van der Waals surface area contributed by atoms with Crippen LogP contribution in [0.3, 0.4) is 0 Å². The van der Waals surface area contributed by atoms with Gasteiger partial charge in [0.2, 0.25) is 0 Å². The van der Waals surface area contributed by atoms with Gasteiger partial charge in [-0.25, -0.2) is 4.79 Å². The van der Waals surface area contributed by atoms with E-state index in [9.17, 15) is 19.7 Å². The van der Waals surface area contributed by atoms with Crippen LogP contribution in [0.2, 0.25) is 0 Å². The predicted molar refractivity (Wildman–Crippen MR) is 100 cm³/mol. The third-order valence-corrected chi connectivity index (χ3v) is 5.14. The Bertz CT molecular complexity index is 788. The minimum absolute atomic E-state index is 0.0223. The summed E-state index contributed by atoms with van der Waals surface area (Å²) in [5.74, 6) is -1.22. The van der Waals surface area contributed by atoms with E-state index in [-0.39, 0.29) is 24.1 Å². The van der Waals surface area contributed by atoms with Crippen molar-refractivity contribution < 1.29 is 24.0 Å². The Morgan fingerprint density at radius 3 is 2.68 bits per heavy atom. The lowest BCUT2D eigenvalue weighted by Crippen LogP contribution is -2.58. The summed E-state index contributed by atoms with van der Waals surface area (Å²) in [6, 6.07) is 1.69. The van der Waals surface area contributed by atoms with E-state index in [2.05, 4.69) is 4.98 Å². The van der Waals surface area contributed by atoms with Gasteiger partial charge in [-0.05, 0) is 61.9 Å². The van der Waals surface area contributed by atoms with Gasteiger partial charge in [-0.3, -0.25) is 9.69 Å². The Kier molecular flexibility index (Phi) is 5.53. The fourth-order valence-corrected chi connectivity index (χ4v) is 3.65. The van der Waals surface area contributed by atoms with Crippen molar-refractivity contribution in [2.75, 3.05) is 4.90 Å². The zero-order valence-electron chi connectivity index (χ0n) is 16.3. The highest BCUT2D eigenvalue weighted by atomic mass is 16.6. The molecule has 2 heterocycles. The minimum atomic E-state index is -1.23. The maximum Gasteiger partial charge on any atom is 0.366 e. The summed E-state index contributed by atoms with van der Waals surface area (Å²) < 4.78 is 11.4. The van der Waals surface area contributed by atoms with Gasteiger partial charge in [0.1, 0.15) is 12.1 Å². The summed E-state index contributed by atoms with van der Waals surface area (Å²) in [7, 11) is 0. The molecule has 9 heteroatoms. The van der Waals surface area contributed by atoms with Crippen molar-refractivity contribution in [3.63, 3.8) is 0 Å². The smallest absolute Gasteiger partial charge is 0.366 e. The quantitative estimate of drug-likeness (QED) is 0.430. The molecule has 0 aromatic carbocycles. The molecule has 2 aliphatic rings. The van der Waals surface area contributed by atoms with E-state index in [0.29, 0.717) is 0 Å². The second-order valence-corrected chi connectivity index (χ2v) is 7.66. The average molecular weight is 391 g/mol. The molecule has 0 saturated heterocycles. The molecule has 1 unspecified atom stereocenters. The SMILES string of the molecule is CCC(C(=O)OC1CCCCC1)N1C(=O)C(C)(C)Oc2ccc([N+](=O)[O-])nc21. The van der Waals surface area contributed by atoms with E-state index in [4.69, 9.17) is 9.47 Å². The molecule has 1 fully saturated rings. The lowest BCUT2D eigenvalue weighted by Gasteiger charge is -2.39. The van der Waals surface area contributed by atoms with E-state index in [1.165, 1.54) is 17.0 Å². The van der Waals surface area contributed by atoms with Gasteiger partial charge in [0, 0.05) is 6.07 Å². The number of hydrogen-bond acceptors (Lipinski definition) is 7. The summed E-state index contributed by atoms with van der Waals surface area (Å²) >= 11 is 0. The van der Waals surface area contributed by atoms with Crippen LogP contribution in [0.15, 0.2) is 12.1 Å². The number of amides is 1. The molecule has 1 saturated carbocycles. The van der Waals surface area contributed by atoms with Crippen LogP contribution < -0.4 is 9.64 Å². The molecule has 0 spiro atoms. The molecule has 0 radical (unpaired) electrons. The molecular weight excluding hydrogens is 366 g/mol. The van der Waals surface area contributed by atoms with Crippen molar-refractivity contribution in [2.45, 2.75) is 77.0 Å².